The van der Waals surface area contributed by atoms with Crippen molar-refractivity contribution in [3.8, 4) is 0 Å². The maximum Gasteiger partial charge on any atom is 0.155 e. The van der Waals surface area contributed by atoms with Crippen molar-refractivity contribution in [2.75, 3.05) is 11.4 Å². The van der Waals surface area contributed by atoms with Crippen molar-refractivity contribution < 1.29 is 5.11 Å². The molecule has 0 unspecified atom stereocenters. The topological polar surface area (TPSA) is 84.9 Å². The van der Waals surface area contributed by atoms with Crippen LogP contribution in [0.3, 0.4) is 0 Å². The predicted octanol–water partition coefficient (Wildman–Crippen LogP) is 1.77. The monoisotopic (exact) mass is 367 g/mol. The van der Waals surface area contributed by atoms with E-state index in [0.717, 1.165) is 49.0 Å². The van der Waals surface area contributed by atoms with E-state index in [1.807, 2.05) is 35.5 Å². The van der Waals surface area contributed by atoms with Crippen molar-refractivity contribution >= 4 is 5.82 Å². The zero-order chi connectivity index (χ0) is 19.0. The van der Waals surface area contributed by atoms with Crippen LogP contribution in [0, 0.1) is 6.92 Å². The third-order valence-electron chi connectivity index (χ3n) is 4.91. The molecule has 8 nitrogen and oxygen atoms in total. The lowest BCUT2D eigenvalue weighted by Crippen LogP contribution is -2.34. The average molecular weight is 367 g/mol. The first-order valence-electron chi connectivity index (χ1n) is 9.36. The van der Waals surface area contributed by atoms with Gasteiger partial charge in [-0.05, 0) is 19.4 Å². The highest BCUT2D eigenvalue weighted by Gasteiger charge is 2.24. The van der Waals surface area contributed by atoms with Gasteiger partial charge in [0.05, 0.1) is 24.5 Å². The summed E-state index contributed by atoms with van der Waals surface area (Å²) in [5.74, 6) is 2.36. The molecule has 0 aliphatic carbocycles. The van der Waals surface area contributed by atoms with Crippen LogP contribution in [0.15, 0.2) is 24.5 Å². The van der Waals surface area contributed by atoms with Crippen molar-refractivity contribution in [2.24, 2.45) is 7.05 Å². The number of aryl methyl sites for hydroxylation is 3. The lowest BCUT2D eigenvalue weighted by Gasteiger charge is -2.29. The van der Waals surface area contributed by atoms with Crippen LogP contribution in [0.4, 0.5) is 5.82 Å². The van der Waals surface area contributed by atoms with Gasteiger partial charge in [0.1, 0.15) is 17.5 Å². The molecule has 0 saturated heterocycles. The minimum absolute atomic E-state index is 0.595. The number of aliphatic hydroxyl groups is 1. The molecule has 3 aromatic rings. The second-order valence-electron chi connectivity index (χ2n) is 7.02. The average Bonchev–Trinajstić information content (AvgIpc) is 3.26. The maximum atomic E-state index is 10.6. The van der Waals surface area contributed by atoms with Crippen LogP contribution in [-0.2, 0) is 26.6 Å². The molecule has 0 amide bonds. The van der Waals surface area contributed by atoms with E-state index < -0.39 is 6.10 Å². The third-order valence-corrected chi connectivity index (χ3v) is 4.91. The Morgan fingerprint density at radius 3 is 2.81 bits per heavy atom. The van der Waals surface area contributed by atoms with E-state index in [4.69, 9.17) is 0 Å². The van der Waals surface area contributed by atoms with Crippen LogP contribution >= 0.6 is 0 Å². The quantitative estimate of drug-likeness (QED) is 0.740. The molecule has 4 heterocycles. The van der Waals surface area contributed by atoms with Gasteiger partial charge in [-0.2, -0.15) is 5.10 Å². The van der Waals surface area contributed by atoms with Gasteiger partial charge in [-0.25, -0.2) is 15.0 Å². The maximum absolute atomic E-state index is 10.6. The number of fused-ring (bicyclic) bond motifs is 1. The fourth-order valence-corrected chi connectivity index (χ4v) is 3.55. The van der Waals surface area contributed by atoms with Crippen LogP contribution in [-0.4, -0.2) is 41.0 Å². The van der Waals surface area contributed by atoms with E-state index in [2.05, 4.69) is 37.9 Å². The standard InChI is InChI=1S/C19H25N7O/c1-4-5-14-10-17(22-13(2)21-14)25-8-9-26-15(12-25)11-16(23-26)18(27)19-20-6-7-24(19)3/h6-7,10-11,18,27H,4-5,8-9,12H2,1-3H3/t18-/m0/s1. The Morgan fingerprint density at radius 1 is 1.22 bits per heavy atom. The molecule has 142 valence electrons. The molecule has 0 aromatic carbocycles. The third kappa shape index (κ3) is 3.44. The zero-order valence-electron chi connectivity index (χ0n) is 16.0. The Hall–Kier alpha value is -2.74. The first-order chi connectivity index (χ1) is 13.0. The van der Waals surface area contributed by atoms with E-state index in [9.17, 15) is 5.11 Å². The van der Waals surface area contributed by atoms with Crippen LogP contribution in [0.25, 0.3) is 0 Å². The fraction of sp³-hybridized carbons (Fsp3) is 0.474. The second kappa shape index (κ2) is 7.11. The molecular formula is C19H25N7O. The number of imidazole rings is 1. The number of hydrogen-bond acceptors (Lipinski definition) is 6. The predicted molar refractivity (Wildman–Crippen MR) is 101 cm³/mol. The van der Waals surface area contributed by atoms with Gasteiger partial charge in [0.2, 0.25) is 0 Å². The number of anilines is 1. The molecule has 0 saturated carbocycles. The molecule has 1 aliphatic rings. The largest absolute Gasteiger partial charge is 0.379 e. The molecular weight excluding hydrogens is 342 g/mol. The first-order valence-corrected chi connectivity index (χ1v) is 9.36. The summed E-state index contributed by atoms with van der Waals surface area (Å²) in [6.07, 6.45) is 4.71. The molecule has 3 aromatic heterocycles. The van der Waals surface area contributed by atoms with E-state index in [-0.39, 0.29) is 0 Å². The Morgan fingerprint density at radius 2 is 2.07 bits per heavy atom. The van der Waals surface area contributed by atoms with Gasteiger partial charge in [0.25, 0.3) is 0 Å². The molecule has 0 spiro atoms. The number of hydrogen-bond donors (Lipinski definition) is 1. The van der Waals surface area contributed by atoms with Gasteiger partial charge in [0.15, 0.2) is 6.10 Å². The van der Waals surface area contributed by atoms with Crippen LogP contribution in [0.1, 0.15) is 48.2 Å². The van der Waals surface area contributed by atoms with Crippen molar-refractivity contribution in [2.45, 2.75) is 45.9 Å². The second-order valence-corrected chi connectivity index (χ2v) is 7.02. The smallest absolute Gasteiger partial charge is 0.155 e. The summed E-state index contributed by atoms with van der Waals surface area (Å²) in [5, 5.41) is 15.2. The van der Waals surface area contributed by atoms with E-state index in [1.165, 1.54) is 0 Å². The molecule has 4 rings (SSSR count). The van der Waals surface area contributed by atoms with E-state index in [1.54, 1.807) is 6.20 Å². The summed E-state index contributed by atoms with van der Waals surface area (Å²) in [6.45, 7) is 6.40. The summed E-state index contributed by atoms with van der Waals surface area (Å²) in [7, 11) is 1.87. The molecule has 0 radical (unpaired) electrons. The fourth-order valence-electron chi connectivity index (χ4n) is 3.55. The van der Waals surface area contributed by atoms with Crippen LogP contribution in [0.5, 0.6) is 0 Å². The summed E-state index contributed by atoms with van der Waals surface area (Å²) in [6, 6.07) is 4.05. The van der Waals surface area contributed by atoms with Gasteiger partial charge in [-0.3, -0.25) is 4.68 Å². The van der Waals surface area contributed by atoms with Gasteiger partial charge in [-0.15, -0.1) is 0 Å². The normalized spacial score (nSPS) is 15.0. The summed E-state index contributed by atoms with van der Waals surface area (Å²) in [4.78, 5) is 15.6. The SMILES string of the molecule is CCCc1cc(N2CCn3nc([C@H](O)c4nccn4C)cc3C2)nc(C)n1. The highest BCUT2D eigenvalue weighted by atomic mass is 16.3. The van der Waals surface area contributed by atoms with Gasteiger partial charge < -0.3 is 14.6 Å². The molecule has 8 heteroatoms. The molecule has 0 bridgehead atoms. The lowest BCUT2D eigenvalue weighted by molar-refractivity contribution is 0.200. The molecule has 1 aliphatic heterocycles. The Balaban J connectivity index is 1.57. The van der Waals surface area contributed by atoms with Crippen LogP contribution < -0.4 is 4.90 Å². The summed E-state index contributed by atoms with van der Waals surface area (Å²) < 4.78 is 3.78. The highest BCUT2D eigenvalue weighted by molar-refractivity contribution is 5.41. The first kappa shape index (κ1) is 17.7. The zero-order valence-corrected chi connectivity index (χ0v) is 16.0. The molecule has 27 heavy (non-hydrogen) atoms. The Kier molecular flexibility index (Phi) is 4.65. The Labute approximate surface area is 158 Å². The van der Waals surface area contributed by atoms with Gasteiger partial charge in [0, 0.05) is 37.7 Å². The van der Waals surface area contributed by atoms with Gasteiger partial charge >= 0.3 is 0 Å². The summed E-state index contributed by atoms with van der Waals surface area (Å²) in [5.41, 5.74) is 2.79. The number of aliphatic hydroxyl groups excluding tert-OH is 1. The molecule has 1 N–H and O–H groups in total. The minimum atomic E-state index is -0.825. The summed E-state index contributed by atoms with van der Waals surface area (Å²) >= 11 is 0. The number of nitrogens with zero attached hydrogens (tertiary/aromatic N) is 7. The van der Waals surface area contributed by atoms with Crippen LogP contribution in [0.2, 0.25) is 0 Å². The van der Waals surface area contributed by atoms with Crippen molar-refractivity contribution in [1.29, 1.82) is 0 Å². The minimum Gasteiger partial charge on any atom is -0.379 e. The van der Waals surface area contributed by atoms with E-state index in [0.29, 0.717) is 18.1 Å². The number of aromatic nitrogens is 6. The molecule has 1 atom stereocenters. The van der Waals surface area contributed by atoms with E-state index >= 15 is 0 Å². The highest BCUT2D eigenvalue weighted by Crippen LogP contribution is 2.25. The van der Waals surface area contributed by atoms with Crippen molar-refractivity contribution in [3.05, 3.63) is 53.3 Å². The Bertz CT molecular complexity index is 945. The molecule has 0 fully saturated rings. The van der Waals surface area contributed by atoms with Crippen molar-refractivity contribution in [3.63, 3.8) is 0 Å². The lowest BCUT2D eigenvalue weighted by atomic mass is 10.2. The number of rotatable bonds is 5. The van der Waals surface area contributed by atoms with Crippen molar-refractivity contribution in [1.82, 2.24) is 29.3 Å². The van der Waals surface area contributed by atoms with Gasteiger partial charge in [-0.1, -0.05) is 13.3 Å².